The van der Waals surface area contributed by atoms with E-state index >= 15 is 0 Å². The maximum Gasteiger partial charge on any atom is 0.0781 e. The summed E-state index contributed by atoms with van der Waals surface area (Å²) in [5.74, 6) is 0.913. The molecule has 0 aromatic heterocycles. The second-order valence-corrected chi connectivity index (χ2v) is 7.59. The monoisotopic (exact) mass is 280 g/mol. The van der Waals surface area contributed by atoms with Crippen molar-refractivity contribution in [3.8, 4) is 0 Å². The highest BCUT2D eigenvalue weighted by Gasteiger charge is 2.37. The molecule has 20 heavy (non-hydrogen) atoms. The van der Waals surface area contributed by atoms with Gasteiger partial charge in [-0.05, 0) is 45.4 Å². The van der Waals surface area contributed by atoms with E-state index in [1.165, 1.54) is 51.5 Å². The van der Waals surface area contributed by atoms with E-state index < -0.39 is 0 Å². The van der Waals surface area contributed by atoms with Crippen LogP contribution in [0.25, 0.3) is 0 Å². The van der Waals surface area contributed by atoms with Crippen LogP contribution in [0.1, 0.15) is 58.8 Å². The lowest BCUT2D eigenvalue weighted by Gasteiger charge is -2.45. The molecule has 0 radical (unpaired) electrons. The van der Waals surface area contributed by atoms with Crippen molar-refractivity contribution in [1.29, 1.82) is 0 Å². The molecular weight excluding hydrogens is 248 g/mol. The summed E-state index contributed by atoms with van der Waals surface area (Å²) in [4.78, 5) is 2.70. The minimum absolute atomic E-state index is 0.114. The fourth-order valence-electron chi connectivity index (χ4n) is 4.41. The summed E-state index contributed by atoms with van der Waals surface area (Å²) in [6.45, 7) is 9.14. The van der Waals surface area contributed by atoms with E-state index in [1.807, 2.05) is 0 Å². The maximum atomic E-state index is 6.01. The van der Waals surface area contributed by atoms with E-state index in [1.54, 1.807) is 0 Å². The highest BCUT2D eigenvalue weighted by atomic mass is 16.5. The van der Waals surface area contributed by atoms with Gasteiger partial charge in [0.05, 0.1) is 5.60 Å². The zero-order valence-electron chi connectivity index (χ0n) is 13.4. The number of hydrogen-bond acceptors (Lipinski definition) is 3. The van der Waals surface area contributed by atoms with E-state index in [2.05, 4.69) is 24.1 Å². The summed E-state index contributed by atoms with van der Waals surface area (Å²) in [5, 5.41) is 3.82. The number of nitrogens with one attached hydrogen (secondary N) is 1. The summed E-state index contributed by atoms with van der Waals surface area (Å²) >= 11 is 0. The molecule has 2 heterocycles. The molecule has 2 aliphatic heterocycles. The number of rotatable bonds is 3. The molecule has 1 N–H and O–H groups in total. The van der Waals surface area contributed by atoms with Crippen LogP contribution < -0.4 is 5.32 Å². The van der Waals surface area contributed by atoms with Crippen molar-refractivity contribution >= 4 is 0 Å². The molecule has 2 saturated heterocycles. The zero-order chi connectivity index (χ0) is 14.0. The number of ether oxygens (including phenoxy) is 1. The third kappa shape index (κ3) is 3.37. The predicted molar refractivity (Wildman–Crippen MR) is 83.0 cm³/mol. The summed E-state index contributed by atoms with van der Waals surface area (Å²) in [6, 6.07) is 1.37. The third-order valence-corrected chi connectivity index (χ3v) is 5.79. The molecule has 3 atom stereocenters. The molecule has 1 saturated carbocycles. The molecule has 3 nitrogen and oxygen atoms in total. The smallest absolute Gasteiger partial charge is 0.0781 e. The Bertz CT molecular complexity index is 308. The Morgan fingerprint density at radius 2 is 2.00 bits per heavy atom. The van der Waals surface area contributed by atoms with E-state index in [0.29, 0.717) is 6.04 Å². The molecule has 1 aliphatic carbocycles. The predicted octanol–water partition coefficient (Wildman–Crippen LogP) is 2.80. The molecule has 116 valence electrons. The van der Waals surface area contributed by atoms with Gasteiger partial charge in [-0.15, -0.1) is 0 Å². The second-order valence-electron chi connectivity index (χ2n) is 7.59. The Kier molecular flexibility index (Phi) is 4.68. The molecule has 0 bridgehead atoms. The van der Waals surface area contributed by atoms with Crippen molar-refractivity contribution in [3.63, 3.8) is 0 Å². The van der Waals surface area contributed by atoms with Gasteiger partial charge in [-0.2, -0.15) is 0 Å². The number of hydrogen-bond donors (Lipinski definition) is 1. The van der Waals surface area contributed by atoms with Gasteiger partial charge >= 0.3 is 0 Å². The highest BCUT2D eigenvalue weighted by molar-refractivity contribution is 4.93. The van der Waals surface area contributed by atoms with Crippen molar-refractivity contribution in [2.24, 2.45) is 5.92 Å². The molecule has 0 aromatic carbocycles. The lowest BCUT2D eigenvalue weighted by molar-refractivity contribution is -0.0293. The first-order chi connectivity index (χ1) is 9.66. The first kappa shape index (κ1) is 14.8. The van der Waals surface area contributed by atoms with Crippen molar-refractivity contribution in [2.75, 3.05) is 26.2 Å². The van der Waals surface area contributed by atoms with Crippen molar-refractivity contribution in [1.82, 2.24) is 10.2 Å². The van der Waals surface area contributed by atoms with Gasteiger partial charge in [-0.3, -0.25) is 4.90 Å². The van der Waals surface area contributed by atoms with Gasteiger partial charge in [0, 0.05) is 38.3 Å². The normalized spacial score (nSPS) is 41.1. The molecule has 0 aromatic rings. The molecule has 3 aliphatic rings. The van der Waals surface area contributed by atoms with Crippen molar-refractivity contribution in [3.05, 3.63) is 0 Å². The van der Waals surface area contributed by atoms with Gasteiger partial charge in [0.2, 0.25) is 0 Å². The first-order valence-electron chi connectivity index (χ1n) is 8.78. The van der Waals surface area contributed by atoms with Crippen LogP contribution in [-0.2, 0) is 4.74 Å². The fraction of sp³-hybridized carbons (Fsp3) is 1.00. The quantitative estimate of drug-likeness (QED) is 0.860. The zero-order valence-corrected chi connectivity index (χ0v) is 13.4. The van der Waals surface area contributed by atoms with Crippen molar-refractivity contribution in [2.45, 2.75) is 76.5 Å². The average molecular weight is 280 g/mol. The Morgan fingerprint density at radius 3 is 2.70 bits per heavy atom. The van der Waals surface area contributed by atoms with Gasteiger partial charge in [0.1, 0.15) is 0 Å². The van der Waals surface area contributed by atoms with E-state index in [-0.39, 0.29) is 5.60 Å². The van der Waals surface area contributed by atoms with Gasteiger partial charge in [-0.25, -0.2) is 0 Å². The summed E-state index contributed by atoms with van der Waals surface area (Å²) in [7, 11) is 0. The third-order valence-electron chi connectivity index (χ3n) is 5.79. The first-order valence-corrected chi connectivity index (χ1v) is 8.78. The molecule has 0 spiro atoms. The van der Waals surface area contributed by atoms with Gasteiger partial charge in [0.15, 0.2) is 0 Å². The van der Waals surface area contributed by atoms with Crippen molar-refractivity contribution < 1.29 is 4.74 Å². The summed E-state index contributed by atoms with van der Waals surface area (Å²) in [6.07, 6.45) is 9.69. The van der Waals surface area contributed by atoms with Crippen LogP contribution in [0.2, 0.25) is 0 Å². The number of nitrogens with zero attached hydrogens (tertiary/aromatic N) is 1. The Morgan fingerprint density at radius 1 is 1.20 bits per heavy atom. The minimum atomic E-state index is 0.114. The average Bonchev–Trinajstić information content (AvgIpc) is 2.89. The maximum absolute atomic E-state index is 6.01. The molecule has 3 unspecified atom stereocenters. The van der Waals surface area contributed by atoms with Crippen LogP contribution in [0.5, 0.6) is 0 Å². The van der Waals surface area contributed by atoms with E-state index in [9.17, 15) is 0 Å². The largest absolute Gasteiger partial charge is 0.374 e. The molecular formula is C17H32N2O. The fourth-order valence-corrected chi connectivity index (χ4v) is 4.41. The molecule has 3 fully saturated rings. The standard InChI is InChI=1S/C17H32N2O/c1-14-11-18-16(15-7-4-3-5-8-15)12-19(14)13-17(2)9-6-10-20-17/h14-16,18H,3-13H2,1-2H3. The summed E-state index contributed by atoms with van der Waals surface area (Å²) in [5.41, 5.74) is 0.114. The molecule has 3 heteroatoms. The Labute approximate surface area is 124 Å². The molecule has 0 amide bonds. The van der Waals surface area contributed by atoms with Crippen LogP contribution in [0.15, 0.2) is 0 Å². The highest BCUT2D eigenvalue weighted by Crippen LogP contribution is 2.31. The van der Waals surface area contributed by atoms with Gasteiger partial charge in [-0.1, -0.05) is 19.3 Å². The minimum Gasteiger partial charge on any atom is -0.374 e. The van der Waals surface area contributed by atoms with Crippen LogP contribution in [0, 0.1) is 5.92 Å². The lowest BCUT2D eigenvalue weighted by Crippen LogP contribution is -2.60. The van der Waals surface area contributed by atoms with Crippen LogP contribution in [-0.4, -0.2) is 48.8 Å². The topological polar surface area (TPSA) is 24.5 Å². The van der Waals surface area contributed by atoms with Crippen LogP contribution in [0.3, 0.4) is 0 Å². The van der Waals surface area contributed by atoms with Gasteiger partial charge < -0.3 is 10.1 Å². The van der Waals surface area contributed by atoms with Gasteiger partial charge in [0.25, 0.3) is 0 Å². The lowest BCUT2D eigenvalue weighted by atomic mass is 9.82. The van der Waals surface area contributed by atoms with E-state index in [0.717, 1.165) is 31.7 Å². The van der Waals surface area contributed by atoms with Crippen LogP contribution >= 0.6 is 0 Å². The Balaban J connectivity index is 1.58. The Hall–Kier alpha value is -0.120. The van der Waals surface area contributed by atoms with Crippen LogP contribution in [0.4, 0.5) is 0 Å². The van der Waals surface area contributed by atoms with E-state index in [4.69, 9.17) is 4.74 Å². The SMILES string of the molecule is CC1CNC(C2CCCCC2)CN1CC1(C)CCCO1. The molecule has 3 rings (SSSR count). The summed E-state index contributed by atoms with van der Waals surface area (Å²) < 4.78 is 6.01. The number of piperazine rings is 1. The second kappa shape index (κ2) is 6.33.